The van der Waals surface area contributed by atoms with Gasteiger partial charge in [0.2, 0.25) is 5.91 Å². The molecular formula is C15H22N2O2. The highest BCUT2D eigenvalue weighted by atomic mass is 16.3. The molecule has 1 aromatic rings. The Morgan fingerprint density at radius 3 is 2.58 bits per heavy atom. The third kappa shape index (κ3) is 4.33. The number of carbonyl (C=O) groups is 1. The molecule has 4 nitrogen and oxygen atoms in total. The molecule has 0 radical (unpaired) electrons. The van der Waals surface area contributed by atoms with Crippen LogP contribution in [-0.4, -0.2) is 30.2 Å². The molecule has 2 rings (SSSR count). The van der Waals surface area contributed by atoms with E-state index < -0.39 is 0 Å². The summed E-state index contributed by atoms with van der Waals surface area (Å²) in [6.07, 6.45) is 4.83. The van der Waals surface area contributed by atoms with Gasteiger partial charge in [-0.3, -0.25) is 4.79 Å². The smallest absolute Gasteiger partial charge is 0.234 e. The van der Waals surface area contributed by atoms with Crippen molar-refractivity contribution in [3.05, 3.63) is 35.9 Å². The zero-order valence-electron chi connectivity index (χ0n) is 11.1. The van der Waals surface area contributed by atoms with Crippen LogP contribution in [0.25, 0.3) is 0 Å². The third-order valence-corrected chi connectivity index (χ3v) is 3.63. The number of benzene rings is 1. The largest absolute Gasteiger partial charge is 0.394 e. The van der Waals surface area contributed by atoms with Gasteiger partial charge >= 0.3 is 0 Å². The molecule has 1 saturated carbocycles. The Morgan fingerprint density at radius 1 is 1.26 bits per heavy atom. The van der Waals surface area contributed by atoms with Crippen molar-refractivity contribution < 1.29 is 9.90 Å². The lowest BCUT2D eigenvalue weighted by Crippen LogP contribution is -2.40. The van der Waals surface area contributed by atoms with Gasteiger partial charge in [-0.25, -0.2) is 0 Å². The first kappa shape index (κ1) is 14.0. The van der Waals surface area contributed by atoms with E-state index in [-0.39, 0.29) is 18.6 Å². The Hall–Kier alpha value is -1.39. The Balaban J connectivity index is 1.79. The molecule has 0 unspecified atom stereocenters. The fraction of sp³-hybridized carbons (Fsp3) is 0.533. The number of hydrogen-bond donors (Lipinski definition) is 3. The lowest BCUT2D eigenvalue weighted by Gasteiger charge is -2.18. The maximum absolute atomic E-state index is 11.9. The van der Waals surface area contributed by atoms with Gasteiger partial charge in [-0.15, -0.1) is 0 Å². The minimum atomic E-state index is -0.320. The second-order valence-corrected chi connectivity index (χ2v) is 5.08. The van der Waals surface area contributed by atoms with Crippen molar-refractivity contribution >= 4 is 5.91 Å². The molecule has 0 saturated heterocycles. The predicted molar refractivity (Wildman–Crippen MR) is 74.7 cm³/mol. The molecule has 0 spiro atoms. The van der Waals surface area contributed by atoms with Gasteiger partial charge in [0.05, 0.1) is 19.2 Å². The molecule has 1 fully saturated rings. The normalized spacial score (nSPS) is 17.3. The lowest BCUT2D eigenvalue weighted by molar-refractivity contribution is -0.121. The number of amides is 1. The van der Waals surface area contributed by atoms with E-state index in [0.717, 1.165) is 18.4 Å². The van der Waals surface area contributed by atoms with E-state index in [1.807, 2.05) is 30.3 Å². The number of rotatable bonds is 6. The van der Waals surface area contributed by atoms with Crippen molar-refractivity contribution in [2.45, 2.75) is 37.8 Å². The van der Waals surface area contributed by atoms with Crippen LogP contribution in [0.4, 0.5) is 0 Å². The quantitative estimate of drug-likeness (QED) is 0.725. The molecule has 1 atom stereocenters. The Labute approximate surface area is 114 Å². The van der Waals surface area contributed by atoms with E-state index >= 15 is 0 Å². The molecule has 1 aromatic carbocycles. The summed E-state index contributed by atoms with van der Waals surface area (Å²) in [7, 11) is 0. The van der Waals surface area contributed by atoms with E-state index in [9.17, 15) is 9.90 Å². The molecule has 0 aliphatic heterocycles. The van der Waals surface area contributed by atoms with Crippen LogP contribution in [0.3, 0.4) is 0 Å². The lowest BCUT2D eigenvalue weighted by atomic mass is 10.1. The van der Waals surface area contributed by atoms with Crippen LogP contribution in [0.15, 0.2) is 30.3 Å². The third-order valence-electron chi connectivity index (χ3n) is 3.63. The van der Waals surface area contributed by atoms with E-state index in [1.54, 1.807) is 0 Å². The molecule has 1 amide bonds. The summed E-state index contributed by atoms with van der Waals surface area (Å²) in [4.78, 5) is 11.9. The maximum Gasteiger partial charge on any atom is 0.234 e. The predicted octanol–water partition coefficient (Wildman–Crippen LogP) is 1.37. The molecule has 0 bridgehead atoms. The summed E-state index contributed by atoms with van der Waals surface area (Å²) in [5.41, 5.74) is 0.930. The molecule has 1 aliphatic rings. The highest BCUT2D eigenvalue weighted by molar-refractivity contribution is 5.78. The highest BCUT2D eigenvalue weighted by Crippen LogP contribution is 2.17. The molecule has 104 valence electrons. The maximum atomic E-state index is 11.9. The molecular weight excluding hydrogens is 240 g/mol. The summed E-state index contributed by atoms with van der Waals surface area (Å²) in [5, 5.41) is 15.5. The van der Waals surface area contributed by atoms with Gasteiger partial charge in [-0.2, -0.15) is 0 Å². The van der Waals surface area contributed by atoms with E-state index in [4.69, 9.17) is 0 Å². The van der Waals surface area contributed by atoms with Gasteiger partial charge in [0, 0.05) is 6.04 Å². The number of aliphatic hydroxyl groups is 1. The molecule has 1 aliphatic carbocycles. The van der Waals surface area contributed by atoms with Gasteiger partial charge in [0.25, 0.3) is 0 Å². The summed E-state index contributed by atoms with van der Waals surface area (Å²) in [6.45, 7) is 0.243. The molecule has 3 N–H and O–H groups in total. The summed E-state index contributed by atoms with van der Waals surface area (Å²) in [5.74, 6) is -0.0604. The average Bonchev–Trinajstić information content (AvgIpc) is 2.97. The number of nitrogens with one attached hydrogen (secondary N) is 2. The SMILES string of the molecule is O=C(CNC1CCCC1)N[C@@H](CO)c1ccccc1. The van der Waals surface area contributed by atoms with Crippen LogP contribution in [-0.2, 0) is 4.79 Å². The van der Waals surface area contributed by atoms with Crippen LogP contribution in [0.1, 0.15) is 37.3 Å². The number of aliphatic hydroxyl groups excluding tert-OH is 1. The first-order valence-corrected chi connectivity index (χ1v) is 6.98. The molecule has 4 heteroatoms. The van der Waals surface area contributed by atoms with Crippen molar-refractivity contribution in [1.29, 1.82) is 0 Å². The molecule has 0 heterocycles. The van der Waals surface area contributed by atoms with Crippen molar-refractivity contribution in [3.8, 4) is 0 Å². The van der Waals surface area contributed by atoms with Crippen molar-refractivity contribution in [1.82, 2.24) is 10.6 Å². The van der Waals surface area contributed by atoms with Gasteiger partial charge < -0.3 is 15.7 Å². The second kappa shape index (κ2) is 7.26. The minimum absolute atomic E-state index is 0.0604. The Kier molecular flexibility index (Phi) is 5.36. The zero-order chi connectivity index (χ0) is 13.5. The zero-order valence-corrected chi connectivity index (χ0v) is 11.1. The second-order valence-electron chi connectivity index (χ2n) is 5.08. The Morgan fingerprint density at radius 2 is 1.95 bits per heavy atom. The summed E-state index contributed by atoms with van der Waals surface area (Å²) < 4.78 is 0. The van der Waals surface area contributed by atoms with E-state index in [0.29, 0.717) is 12.6 Å². The van der Waals surface area contributed by atoms with Gasteiger partial charge in [-0.1, -0.05) is 43.2 Å². The van der Waals surface area contributed by atoms with Crippen molar-refractivity contribution in [2.24, 2.45) is 0 Å². The van der Waals surface area contributed by atoms with Crippen LogP contribution in [0.2, 0.25) is 0 Å². The highest BCUT2D eigenvalue weighted by Gasteiger charge is 2.17. The van der Waals surface area contributed by atoms with Gasteiger partial charge in [-0.05, 0) is 18.4 Å². The summed E-state index contributed by atoms with van der Waals surface area (Å²) >= 11 is 0. The monoisotopic (exact) mass is 262 g/mol. The fourth-order valence-corrected chi connectivity index (χ4v) is 2.53. The molecule has 19 heavy (non-hydrogen) atoms. The van der Waals surface area contributed by atoms with Gasteiger partial charge in [0.1, 0.15) is 0 Å². The Bertz CT molecular complexity index is 388. The van der Waals surface area contributed by atoms with E-state index in [2.05, 4.69) is 10.6 Å². The van der Waals surface area contributed by atoms with E-state index in [1.165, 1.54) is 12.8 Å². The fourth-order valence-electron chi connectivity index (χ4n) is 2.53. The van der Waals surface area contributed by atoms with Crippen LogP contribution in [0, 0.1) is 0 Å². The van der Waals surface area contributed by atoms with Crippen LogP contribution in [0.5, 0.6) is 0 Å². The van der Waals surface area contributed by atoms with Crippen LogP contribution < -0.4 is 10.6 Å². The minimum Gasteiger partial charge on any atom is -0.394 e. The molecule has 0 aromatic heterocycles. The van der Waals surface area contributed by atoms with Crippen LogP contribution >= 0.6 is 0 Å². The topological polar surface area (TPSA) is 61.4 Å². The standard InChI is InChI=1S/C15H22N2O2/c18-11-14(12-6-2-1-3-7-12)17-15(19)10-16-13-8-4-5-9-13/h1-3,6-7,13-14,16,18H,4-5,8-11H2,(H,17,19)/t14-/m0/s1. The van der Waals surface area contributed by atoms with Crippen molar-refractivity contribution in [3.63, 3.8) is 0 Å². The van der Waals surface area contributed by atoms with Gasteiger partial charge in [0.15, 0.2) is 0 Å². The number of hydrogen-bond acceptors (Lipinski definition) is 3. The average molecular weight is 262 g/mol. The first-order chi connectivity index (χ1) is 9.29. The summed E-state index contributed by atoms with van der Waals surface area (Å²) in [6, 6.07) is 9.70. The number of carbonyl (C=O) groups excluding carboxylic acids is 1. The first-order valence-electron chi connectivity index (χ1n) is 6.98. The van der Waals surface area contributed by atoms with Crippen molar-refractivity contribution in [2.75, 3.05) is 13.2 Å².